The first kappa shape index (κ1) is 18.2. The maximum atomic E-state index is 12.0. The van der Waals surface area contributed by atoms with Gasteiger partial charge in [-0.25, -0.2) is 0 Å². The molecule has 1 rings (SSSR count). The van der Waals surface area contributed by atoms with Crippen LogP contribution in [0.5, 0.6) is 0 Å². The fourth-order valence-corrected chi connectivity index (χ4v) is 1.78. The van der Waals surface area contributed by atoms with E-state index in [2.05, 4.69) is 29.8 Å². The van der Waals surface area contributed by atoms with E-state index in [0.29, 0.717) is 24.7 Å². The molecule has 0 fully saturated rings. The van der Waals surface area contributed by atoms with Gasteiger partial charge in [0.05, 0.1) is 0 Å². The van der Waals surface area contributed by atoms with Crippen molar-refractivity contribution in [3.63, 3.8) is 0 Å². The van der Waals surface area contributed by atoms with E-state index in [4.69, 9.17) is 5.26 Å². The van der Waals surface area contributed by atoms with Crippen molar-refractivity contribution in [2.45, 2.75) is 26.7 Å². The number of carbonyl (C=O) groups is 2. The van der Waals surface area contributed by atoms with Crippen molar-refractivity contribution in [3.8, 4) is 6.07 Å². The fraction of sp³-hybridized carbons (Fsp3) is 0.353. The summed E-state index contributed by atoms with van der Waals surface area (Å²) in [5, 5.41) is 17.2. The standard InChI is InChI=1S/C17H22N4O2/c1-12(2)14-4-6-16(7-5-14)21-17(23)15(10-18)11-19-8-9-20-13(3)22/h4-7,11-12,19H,8-9H2,1-3H3,(H,20,22)(H,21,23)/b15-11-. The number of nitrogens with zero attached hydrogens (tertiary/aromatic N) is 1. The molecule has 0 spiro atoms. The van der Waals surface area contributed by atoms with Crippen molar-refractivity contribution in [1.82, 2.24) is 10.6 Å². The Bertz CT molecular complexity index is 612. The van der Waals surface area contributed by atoms with Crippen molar-refractivity contribution in [3.05, 3.63) is 41.6 Å². The predicted octanol–water partition coefficient (Wildman–Crippen LogP) is 1.88. The van der Waals surface area contributed by atoms with Gasteiger partial charge in [-0.15, -0.1) is 0 Å². The van der Waals surface area contributed by atoms with Crippen molar-refractivity contribution < 1.29 is 9.59 Å². The number of hydrogen-bond acceptors (Lipinski definition) is 4. The van der Waals surface area contributed by atoms with Crippen molar-refractivity contribution >= 4 is 17.5 Å². The summed E-state index contributed by atoms with van der Waals surface area (Å²) in [5.74, 6) is -0.183. The Morgan fingerprint density at radius 1 is 1.22 bits per heavy atom. The van der Waals surface area contributed by atoms with Crippen LogP contribution in [0.25, 0.3) is 0 Å². The van der Waals surface area contributed by atoms with E-state index in [-0.39, 0.29) is 11.5 Å². The van der Waals surface area contributed by atoms with E-state index in [0.717, 1.165) is 0 Å². The zero-order chi connectivity index (χ0) is 17.2. The number of benzene rings is 1. The number of nitriles is 1. The first-order valence-electron chi connectivity index (χ1n) is 7.43. The third-order valence-corrected chi connectivity index (χ3v) is 3.09. The minimum atomic E-state index is -0.475. The molecule has 0 heterocycles. The molecule has 0 aromatic heterocycles. The quantitative estimate of drug-likeness (QED) is 0.407. The van der Waals surface area contributed by atoms with Crippen LogP contribution in [0.1, 0.15) is 32.3 Å². The Morgan fingerprint density at radius 2 is 1.87 bits per heavy atom. The van der Waals surface area contributed by atoms with Crippen LogP contribution < -0.4 is 16.0 Å². The SMILES string of the molecule is CC(=O)NCCN/C=C(/C#N)C(=O)Nc1ccc(C(C)C)cc1. The molecule has 0 aliphatic rings. The smallest absolute Gasteiger partial charge is 0.267 e. The molecule has 6 heteroatoms. The third-order valence-electron chi connectivity index (χ3n) is 3.09. The molecule has 0 aliphatic carbocycles. The molecule has 0 aliphatic heterocycles. The Labute approximate surface area is 136 Å². The van der Waals surface area contributed by atoms with Gasteiger partial charge in [-0.2, -0.15) is 5.26 Å². The van der Waals surface area contributed by atoms with Gasteiger partial charge in [-0.3, -0.25) is 9.59 Å². The molecule has 0 bridgehead atoms. The fourth-order valence-electron chi connectivity index (χ4n) is 1.78. The summed E-state index contributed by atoms with van der Waals surface area (Å²) < 4.78 is 0. The molecule has 3 N–H and O–H groups in total. The minimum Gasteiger partial charge on any atom is -0.388 e. The van der Waals surface area contributed by atoms with Gasteiger partial charge < -0.3 is 16.0 Å². The average molecular weight is 314 g/mol. The van der Waals surface area contributed by atoms with Gasteiger partial charge in [-0.1, -0.05) is 26.0 Å². The lowest BCUT2D eigenvalue weighted by molar-refractivity contribution is -0.119. The predicted molar refractivity (Wildman–Crippen MR) is 89.5 cm³/mol. The normalized spacial score (nSPS) is 10.8. The second-order valence-electron chi connectivity index (χ2n) is 5.34. The van der Waals surface area contributed by atoms with Crippen molar-refractivity contribution in [1.29, 1.82) is 5.26 Å². The maximum absolute atomic E-state index is 12.0. The molecule has 0 saturated carbocycles. The Morgan fingerprint density at radius 3 is 2.39 bits per heavy atom. The van der Waals surface area contributed by atoms with Gasteiger partial charge in [0.25, 0.3) is 5.91 Å². The van der Waals surface area contributed by atoms with Gasteiger partial charge in [0, 0.05) is 31.9 Å². The molecular weight excluding hydrogens is 292 g/mol. The lowest BCUT2D eigenvalue weighted by Crippen LogP contribution is -2.28. The van der Waals surface area contributed by atoms with Crippen molar-refractivity contribution in [2.75, 3.05) is 18.4 Å². The van der Waals surface area contributed by atoms with Crippen LogP contribution in [0.2, 0.25) is 0 Å². The molecule has 0 saturated heterocycles. The monoisotopic (exact) mass is 314 g/mol. The Hall–Kier alpha value is -2.81. The number of hydrogen-bond donors (Lipinski definition) is 3. The zero-order valence-corrected chi connectivity index (χ0v) is 13.6. The van der Waals surface area contributed by atoms with Gasteiger partial charge in [0.1, 0.15) is 11.6 Å². The summed E-state index contributed by atoms with van der Waals surface area (Å²) in [4.78, 5) is 22.7. The van der Waals surface area contributed by atoms with Crippen LogP contribution in [0.4, 0.5) is 5.69 Å². The van der Waals surface area contributed by atoms with Crippen LogP contribution in [-0.4, -0.2) is 24.9 Å². The maximum Gasteiger partial charge on any atom is 0.267 e. The summed E-state index contributed by atoms with van der Waals surface area (Å²) in [6, 6.07) is 9.37. The molecule has 122 valence electrons. The van der Waals surface area contributed by atoms with Gasteiger partial charge in [0.15, 0.2) is 0 Å². The zero-order valence-electron chi connectivity index (χ0n) is 13.6. The van der Waals surface area contributed by atoms with E-state index < -0.39 is 5.91 Å². The molecule has 1 aromatic carbocycles. The summed E-state index contributed by atoms with van der Waals surface area (Å²) in [6.45, 7) is 6.46. The second kappa shape index (κ2) is 9.26. The molecule has 0 radical (unpaired) electrons. The molecule has 6 nitrogen and oxygen atoms in total. The number of nitrogens with one attached hydrogen (secondary N) is 3. The Kier molecular flexibility index (Phi) is 7.34. The van der Waals surface area contributed by atoms with E-state index in [9.17, 15) is 9.59 Å². The van der Waals surface area contributed by atoms with Crippen LogP contribution in [0.15, 0.2) is 36.0 Å². The first-order valence-corrected chi connectivity index (χ1v) is 7.43. The number of carbonyl (C=O) groups excluding carboxylic acids is 2. The lowest BCUT2D eigenvalue weighted by atomic mass is 10.0. The molecule has 23 heavy (non-hydrogen) atoms. The number of amides is 2. The second-order valence-corrected chi connectivity index (χ2v) is 5.34. The summed E-state index contributed by atoms with van der Waals surface area (Å²) in [6.07, 6.45) is 1.35. The van der Waals surface area contributed by atoms with E-state index in [1.165, 1.54) is 18.7 Å². The van der Waals surface area contributed by atoms with E-state index >= 15 is 0 Å². The van der Waals surface area contributed by atoms with Gasteiger partial charge >= 0.3 is 0 Å². The number of anilines is 1. The van der Waals surface area contributed by atoms with Crippen LogP contribution in [0, 0.1) is 11.3 Å². The highest BCUT2D eigenvalue weighted by atomic mass is 16.2. The average Bonchev–Trinajstić information content (AvgIpc) is 2.51. The molecular formula is C17H22N4O2. The van der Waals surface area contributed by atoms with Gasteiger partial charge in [0.2, 0.25) is 5.91 Å². The third kappa shape index (κ3) is 6.66. The van der Waals surface area contributed by atoms with Gasteiger partial charge in [-0.05, 0) is 23.6 Å². The summed E-state index contributed by atoms with van der Waals surface area (Å²) >= 11 is 0. The van der Waals surface area contributed by atoms with Crippen LogP contribution in [-0.2, 0) is 9.59 Å². The Balaban J connectivity index is 2.56. The summed E-state index contributed by atoms with van der Waals surface area (Å²) in [7, 11) is 0. The lowest BCUT2D eigenvalue weighted by Gasteiger charge is -2.08. The van der Waals surface area contributed by atoms with E-state index in [1.54, 1.807) is 0 Å². The van der Waals surface area contributed by atoms with Crippen molar-refractivity contribution in [2.24, 2.45) is 0 Å². The van der Waals surface area contributed by atoms with E-state index in [1.807, 2.05) is 30.3 Å². The first-order chi connectivity index (χ1) is 10.9. The highest BCUT2D eigenvalue weighted by Gasteiger charge is 2.09. The summed E-state index contributed by atoms with van der Waals surface area (Å²) in [5.41, 5.74) is 1.79. The molecule has 1 aromatic rings. The van der Waals surface area contributed by atoms with Crippen LogP contribution >= 0.6 is 0 Å². The highest BCUT2D eigenvalue weighted by Crippen LogP contribution is 2.17. The molecule has 0 unspecified atom stereocenters. The topological polar surface area (TPSA) is 94.0 Å². The minimum absolute atomic E-state index is 0.0271. The van der Waals surface area contributed by atoms with Crippen LogP contribution in [0.3, 0.4) is 0 Å². The molecule has 0 atom stereocenters. The largest absolute Gasteiger partial charge is 0.388 e. The number of rotatable bonds is 7. The molecule has 2 amide bonds. The highest BCUT2D eigenvalue weighted by molar-refractivity contribution is 6.06.